The molecule has 0 fully saturated rings. The maximum absolute atomic E-state index is 3.44. The lowest BCUT2D eigenvalue weighted by molar-refractivity contribution is 0.436. The van der Waals surface area contributed by atoms with Crippen molar-refractivity contribution in [3.05, 3.63) is 28.8 Å². The van der Waals surface area contributed by atoms with Crippen LogP contribution in [0.2, 0.25) is 0 Å². The zero-order valence-electron chi connectivity index (χ0n) is 9.92. The zero-order chi connectivity index (χ0) is 11.0. The van der Waals surface area contributed by atoms with Gasteiger partial charge in [-0.2, -0.15) is 0 Å². The van der Waals surface area contributed by atoms with Gasteiger partial charge in [0.1, 0.15) is 0 Å². The minimum Gasteiger partial charge on any atom is -0.313 e. The maximum atomic E-state index is 3.44. The third-order valence-corrected chi connectivity index (χ3v) is 4.70. The van der Waals surface area contributed by atoms with Gasteiger partial charge in [0, 0.05) is 16.7 Å². The Hall–Kier alpha value is -0.470. The van der Waals surface area contributed by atoms with Gasteiger partial charge in [0.05, 0.1) is 0 Å². The highest BCUT2D eigenvalue weighted by molar-refractivity contribution is 7.99. The van der Waals surface area contributed by atoms with Gasteiger partial charge < -0.3 is 5.32 Å². The highest BCUT2D eigenvalue weighted by Gasteiger charge is 2.25. The number of hydrogen-bond donors (Lipinski definition) is 1. The van der Waals surface area contributed by atoms with Gasteiger partial charge in [0.15, 0.2) is 0 Å². The molecule has 1 heterocycles. The van der Waals surface area contributed by atoms with E-state index in [1.165, 1.54) is 27.3 Å². The first-order chi connectivity index (χ1) is 7.13. The van der Waals surface area contributed by atoms with Crippen LogP contribution >= 0.6 is 11.8 Å². The molecule has 1 nitrogen and oxygen atoms in total. The summed E-state index contributed by atoms with van der Waals surface area (Å²) in [7, 11) is 2.07. The van der Waals surface area contributed by atoms with Gasteiger partial charge in [0.2, 0.25) is 0 Å². The van der Waals surface area contributed by atoms with Gasteiger partial charge in [-0.1, -0.05) is 13.0 Å². The quantitative estimate of drug-likeness (QED) is 0.781. The molecule has 1 aromatic carbocycles. The van der Waals surface area contributed by atoms with Gasteiger partial charge in [-0.3, -0.25) is 0 Å². The molecule has 82 valence electrons. The van der Waals surface area contributed by atoms with Crippen molar-refractivity contribution in [3.63, 3.8) is 0 Å². The number of fused-ring (bicyclic) bond motifs is 1. The molecule has 1 aliphatic heterocycles. The Balaban J connectivity index is 2.48. The van der Waals surface area contributed by atoms with E-state index in [4.69, 9.17) is 0 Å². The van der Waals surface area contributed by atoms with Crippen molar-refractivity contribution in [3.8, 4) is 0 Å². The van der Waals surface area contributed by atoms with Crippen molar-refractivity contribution in [2.45, 2.75) is 31.7 Å². The standard InChI is InChI=1S/C13H19NS/c1-8-5-11-12(6-9(8)2)15-7-10(3)13(11)14-4/h5-6,10,13-14H,7H2,1-4H3. The lowest BCUT2D eigenvalue weighted by Crippen LogP contribution is -2.28. The van der Waals surface area contributed by atoms with E-state index in [0.29, 0.717) is 6.04 Å². The summed E-state index contributed by atoms with van der Waals surface area (Å²) in [5.41, 5.74) is 4.30. The normalized spacial score (nSPS) is 25.1. The Morgan fingerprint density at radius 1 is 1.27 bits per heavy atom. The summed E-state index contributed by atoms with van der Waals surface area (Å²) in [6, 6.07) is 5.22. The summed E-state index contributed by atoms with van der Waals surface area (Å²) < 4.78 is 0. The van der Waals surface area contributed by atoms with E-state index in [1.54, 1.807) is 0 Å². The molecule has 1 aliphatic rings. The molecular formula is C13H19NS. The SMILES string of the molecule is CNC1c2cc(C)c(C)cc2SCC1C. The first kappa shape index (κ1) is 11.0. The van der Waals surface area contributed by atoms with E-state index in [2.05, 4.69) is 45.3 Å². The van der Waals surface area contributed by atoms with Crippen LogP contribution in [0.3, 0.4) is 0 Å². The predicted octanol–water partition coefficient (Wildman–Crippen LogP) is 3.31. The number of benzene rings is 1. The largest absolute Gasteiger partial charge is 0.313 e. The average molecular weight is 221 g/mol. The summed E-state index contributed by atoms with van der Waals surface area (Å²) in [4.78, 5) is 1.47. The molecule has 0 saturated carbocycles. The van der Waals surface area contributed by atoms with Crippen molar-refractivity contribution >= 4 is 11.8 Å². The van der Waals surface area contributed by atoms with Crippen molar-refractivity contribution < 1.29 is 0 Å². The summed E-state index contributed by atoms with van der Waals surface area (Å²) in [6.07, 6.45) is 0. The maximum Gasteiger partial charge on any atom is 0.0362 e. The van der Waals surface area contributed by atoms with Crippen LogP contribution in [-0.4, -0.2) is 12.8 Å². The molecule has 2 atom stereocenters. The van der Waals surface area contributed by atoms with E-state index in [-0.39, 0.29) is 0 Å². The van der Waals surface area contributed by atoms with Crippen LogP contribution in [0.4, 0.5) is 0 Å². The van der Waals surface area contributed by atoms with Crippen LogP contribution < -0.4 is 5.32 Å². The smallest absolute Gasteiger partial charge is 0.0362 e. The molecule has 2 rings (SSSR count). The Morgan fingerprint density at radius 3 is 2.60 bits per heavy atom. The van der Waals surface area contributed by atoms with E-state index in [1.807, 2.05) is 11.8 Å². The first-order valence-electron chi connectivity index (χ1n) is 5.54. The Labute approximate surface area is 96.7 Å². The van der Waals surface area contributed by atoms with Crippen LogP contribution in [0.25, 0.3) is 0 Å². The minimum absolute atomic E-state index is 0.528. The number of thioether (sulfide) groups is 1. The first-order valence-corrected chi connectivity index (χ1v) is 6.53. The molecule has 2 heteroatoms. The van der Waals surface area contributed by atoms with Crippen LogP contribution in [0, 0.1) is 19.8 Å². The molecule has 1 N–H and O–H groups in total. The Kier molecular flexibility index (Phi) is 3.08. The molecule has 0 spiro atoms. The molecule has 0 amide bonds. The topological polar surface area (TPSA) is 12.0 Å². The summed E-state index contributed by atoms with van der Waals surface area (Å²) >= 11 is 2.00. The van der Waals surface area contributed by atoms with Crippen LogP contribution in [0.15, 0.2) is 17.0 Å². The third kappa shape index (κ3) is 1.93. The number of rotatable bonds is 1. The van der Waals surface area contributed by atoms with E-state index in [0.717, 1.165) is 5.92 Å². The molecule has 0 bridgehead atoms. The molecule has 0 aliphatic carbocycles. The van der Waals surface area contributed by atoms with Crippen LogP contribution in [0.1, 0.15) is 29.7 Å². The average Bonchev–Trinajstić information content (AvgIpc) is 2.21. The van der Waals surface area contributed by atoms with Crippen LogP contribution in [-0.2, 0) is 0 Å². The molecule has 1 aromatic rings. The lowest BCUT2D eigenvalue weighted by Gasteiger charge is -2.31. The van der Waals surface area contributed by atoms with Gasteiger partial charge in [-0.05, 0) is 49.6 Å². The summed E-state index contributed by atoms with van der Waals surface area (Å²) in [6.45, 7) is 6.72. The number of aryl methyl sites for hydroxylation is 2. The highest BCUT2D eigenvalue weighted by Crippen LogP contribution is 2.40. The zero-order valence-corrected chi connectivity index (χ0v) is 10.7. The van der Waals surface area contributed by atoms with E-state index in [9.17, 15) is 0 Å². The van der Waals surface area contributed by atoms with Crippen molar-refractivity contribution in [1.29, 1.82) is 0 Å². The molecular weight excluding hydrogens is 202 g/mol. The van der Waals surface area contributed by atoms with Gasteiger partial charge in [-0.15, -0.1) is 11.8 Å². The third-order valence-electron chi connectivity index (χ3n) is 3.34. The fourth-order valence-corrected chi connectivity index (χ4v) is 3.49. The number of nitrogens with one attached hydrogen (secondary N) is 1. The van der Waals surface area contributed by atoms with Gasteiger partial charge in [-0.25, -0.2) is 0 Å². The van der Waals surface area contributed by atoms with E-state index < -0.39 is 0 Å². The fourth-order valence-electron chi connectivity index (χ4n) is 2.24. The minimum atomic E-state index is 0.528. The predicted molar refractivity (Wildman–Crippen MR) is 67.6 cm³/mol. The van der Waals surface area contributed by atoms with Gasteiger partial charge >= 0.3 is 0 Å². The highest BCUT2D eigenvalue weighted by atomic mass is 32.2. The molecule has 2 unspecified atom stereocenters. The number of hydrogen-bond acceptors (Lipinski definition) is 2. The second-order valence-corrected chi connectivity index (χ2v) is 5.59. The molecule has 0 saturated heterocycles. The lowest BCUT2D eigenvalue weighted by atomic mass is 9.93. The monoisotopic (exact) mass is 221 g/mol. The Bertz CT molecular complexity index is 373. The summed E-state index contributed by atoms with van der Waals surface area (Å²) in [5, 5.41) is 3.44. The summed E-state index contributed by atoms with van der Waals surface area (Å²) in [5.74, 6) is 1.94. The van der Waals surface area contributed by atoms with Gasteiger partial charge in [0.25, 0.3) is 0 Å². The van der Waals surface area contributed by atoms with Crippen molar-refractivity contribution in [1.82, 2.24) is 5.32 Å². The second kappa shape index (κ2) is 4.18. The molecule has 15 heavy (non-hydrogen) atoms. The van der Waals surface area contributed by atoms with Crippen molar-refractivity contribution in [2.75, 3.05) is 12.8 Å². The fraction of sp³-hybridized carbons (Fsp3) is 0.538. The van der Waals surface area contributed by atoms with Crippen LogP contribution in [0.5, 0.6) is 0 Å². The molecule has 0 aromatic heterocycles. The van der Waals surface area contributed by atoms with Crippen molar-refractivity contribution in [2.24, 2.45) is 5.92 Å². The Morgan fingerprint density at radius 2 is 1.93 bits per heavy atom. The molecule has 0 radical (unpaired) electrons. The van der Waals surface area contributed by atoms with E-state index >= 15 is 0 Å². The second-order valence-electron chi connectivity index (χ2n) is 4.53.